The summed E-state index contributed by atoms with van der Waals surface area (Å²) in [5.74, 6) is 0. The molecule has 0 fully saturated rings. The number of aryl methyl sites for hydroxylation is 1. The molecule has 2 heteroatoms. The lowest BCUT2D eigenvalue weighted by molar-refractivity contribution is 1.24. The van der Waals surface area contributed by atoms with E-state index >= 15 is 0 Å². The summed E-state index contributed by atoms with van der Waals surface area (Å²) in [4.78, 5) is 1.31. The van der Waals surface area contributed by atoms with Crippen molar-refractivity contribution in [2.75, 3.05) is 0 Å². The Morgan fingerprint density at radius 3 is 3.08 bits per heavy atom. The summed E-state index contributed by atoms with van der Waals surface area (Å²) in [5, 5.41) is 0. The van der Waals surface area contributed by atoms with Crippen molar-refractivity contribution in [3.63, 3.8) is 0 Å². The third-order valence-corrected chi connectivity index (χ3v) is 2.83. The Labute approximate surface area is 76.6 Å². The molecule has 0 saturated heterocycles. The van der Waals surface area contributed by atoms with E-state index in [1.807, 2.05) is 0 Å². The fourth-order valence-corrected chi connectivity index (χ4v) is 2.02. The summed E-state index contributed by atoms with van der Waals surface area (Å²) < 4.78 is 4.38. The molecule has 1 aliphatic carbocycles. The van der Waals surface area contributed by atoms with Gasteiger partial charge < -0.3 is 0 Å². The van der Waals surface area contributed by atoms with E-state index in [1.165, 1.54) is 16.0 Å². The molecule has 2 rings (SSSR count). The molecule has 0 amide bonds. The first-order valence-electron chi connectivity index (χ1n) is 4.07. The first-order chi connectivity index (χ1) is 5.77. The molecule has 0 aliphatic heterocycles. The lowest BCUT2D eigenvalue weighted by Crippen LogP contribution is -1.76. The summed E-state index contributed by atoms with van der Waals surface area (Å²) >= 11 is 1.59. The Bertz CT molecular complexity index is 358. The highest BCUT2D eigenvalue weighted by Gasteiger charge is 2.07. The summed E-state index contributed by atoms with van der Waals surface area (Å²) in [6, 6.07) is 0. The quantitative estimate of drug-likeness (QED) is 0.592. The molecule has 0 spiro atoms. The van der Waals surface area contributed by atoms with Crippen molar-refractivity contribution in [2.45, 2.75) is 20.3 Å². The topological polar surface area (TPSA) is 12.9 Å². The van der Waals surface area contributed by atoms with Gasteiger partial charge in [-0.15, -0.1) is 0 Å². The van der Waals surface area contributed by atoms with E-state index in [9.17, 15) is 0 Å². The van der Waals surface area contributed by atoms with Gasteiger partial charge in [0.05, 0.1) is 5.69 Å². The van der Waals surface area contributed by atoms with Gasteiger partial charge in [-0.3, -0.25) is 0 Å². The molecule has 1 aliphatic rings. The molecule has 0 aromatic carbocycles. The van der Waals surface area contributed by atoms with Crippen LogP contribution >= 0.6 is 11.5 Å². The van der Waals surface area contributed by atoms with Crippen molar-refractivity contribution in [1.29, 1.82) is 0 Å². The van der Waals surface area contributed by atoms with Gasteiger partial charge in [0.1, 0.15) is 0 Å². The van der Waals surface area contributed by atoms with Crippen molar-refractivity contribution < 1.29 is 0 Å². The maximum Gasteiger partial charge on any atom is 0.0842 e. The van der Waals surface area contributed by atoms with Gasteiger partial charge in [0.15, 0.2) is 0 Å². The van der Waals surface area contributed by atoms with Gasteiger partial charge >= 0.3 is 0 Å². The molecular weight excluding hydrogens is 166 g/mol. The number of hydrogen-bond donors (Lipinski definition) is 0. The van der Waals surface area contributed by atoms with Gasteiger partial charge in [0.25, 0.3) is 0 Å². The van der Waals surface area contributed by atoms with E-state index in [0.29, 0.717) is 0 Å². The predicted molar refractivity (Wildman–Crippen MR) is 54.2 cm³/mol. The van der Waals surface area contributed by atoms with Crippen molar-refractivity contribution in [2.24, 2.45) is 0 Å². The molecular formula is C10H11NS. The first kappa shape index (κ1) is 7.74. The average Bonchev–Trinajstić information content (AvgIpc) is 2.31. The largest absolute Gasteiger partial charge is 0.192 e. The normalized spacial score (nSPS) is 15.3. The minimum absolute atomic E-state index is 1.06. The monoisotopic (exact) mass is 177 g/mol. The highest BCUT2D eigenvalue weighted by molar-refractivity contribution is 7.06. The summed E-state index contributed by atoms with van der Waals surface area (Å²) in [6.07, 6.45) is 7.62. The third kappa shape index (κ3) is 1.23. The number of rotatable bonds is 0. The molecule has 0 atom stereocenters. The lowest BCUT2D eigenvalue weighted by atomic mass is 10.2. The molecule has 0 radical (unpaired) electrons. The summed E-state index contributed by atoms with van der Waals surface area (Å²) in [7, 11) is 0. The fourth-order valence-electron chi connectivity index (χ4n) is 1.36. The van der Waals surface area contributed by atoms with Crippen LogP contribution in [0.1, 0.15) is 29.5 Å². The second-order valence-electron chi connectivity index (χ2n) is 3.13. The van der Waals surface area contributed by atoms with E-state index < -0.39 is 0 Å². The van der Waals surface area contributed by atoms with E-state index in [0.717, 1.165) is 12.1 Å². The van der Waals surface area contributed by atoms with Crippen LogP contribution in [0.15, 0.2) is 11.6 Å². The molecule has 0 bridgehead atoms. The van der Waals surface area contributed by atoms with Crippen molar-refractivity contribution in [3.8, 4) is 0 Å². The molecule has 0 unspecified atom stereocenters. The molecule has 1 aromatic heterocycles. The van der Waals surface area contributed by atoms with Gasteiger partial charge in [-0.05, 0) is 37.9 Å². The first-order valence-corrected chi connectivity index (χ1v) is 4.84. The van der Waals surface area contributed by atoms with Crippen LogP contribution in [0.5, 0.6) is 0 Å². The van der Waals surface area contributed by atoms with Crippen molar-refractivity contribution in [1.82, 2.24) is 4.37 Å². The van der Waals surface area contributed by atoms with Gasteiger partial charge in [-0.1, -0.05) is 17.7 Å². The van der Waals surface area contributed by atoms with Crippen LogP contribution in [0.25, 0.3) is 12.2 Å². The van der Waals surface area contributed by atoms with Crippen LogP contribution < -0.4 is 0 Å². The van der Waals surface area contributed by atoms with Crippen molar-refractivity contribution in [3.05, 3.63) is 27.8 Å². The molecule has 1 nitrogen and oxygen atoms in total. The molecule has 0 N–H and O–H groups in total. The molecule has 0 saturated carbocycles. The lowest BCUT2D eigenvalue weighted by Gasteiger charge is -1.90. The van der Waals surface area contributed by atoms with Crippen LogP contribution in [0.4, 0.5) is 0 Å². The zero-order valence-corrected chi connectivity index (χ0v) is 8.11. The van der Waals surface area contributed by atoms with Crippen LogP contribution in [-0.2, 0) is 0 Å². The van der Waals surface area contributed by atoms with Gasteiger partial charge in [-0.2, -0.15) is 4.37 Å². The number of nitrogens with zero attached hydrogens (tertiary/aromatic N) is 1. The standard InChI is InChI=1S/C10H11NS/c1-7-4-3-5-9-8(2)12-11-10(9)6-7/h3,5-6H,4H2,1-2H3. The Hall–Kier alpha value is -0.890. The van der Waals surface area contributed by atoms with Gasteiger partial charge in [0, 0.05) is 10.4 Å². The SMILES string of the molecule is CC1=Cc2nsc(C)c2C=CC1. The second-order valence-corrected chi connectivity index (χ2v) is 4.11. The predicted octanol–water partition coefficient (Wildman–Crippen LogP) is 3.27. The molecule has 12 heavy (non-hydrogen) atoms. The minimum Gasteiger partial charge on any atom is -0.192 e. The summed E-state index contributed by atoms with van der Waals surface area (Å²) in [5.41, 5.74) is 3.83. The number of aromatic nitrogens is 1. The van der Waals surface area contributed by atoms with Crippen LogP contribution in [0.2, 0.25) is 0 Å². The Morgan fingerprint density at radius 1 is 1.42 bits per heavy atom. The van der Waals surface area contributed by atoms with Crippen LogP contribution in [0.3, 0.4) is 0 Å². The molecule has 1 aromatic rings. The highest BCUT2D eigenvalue weighted by atomic mass is 32.1. The Kier molecular flexibility index (Phi) is 1.85. The maximum atomic E-state index is 4.38. The van der Waals surface area contributed by atoms with E-state index in [4.69, 9.17) is 0 Å². The van der Waals surface area contributed by atoms with Crippen molar-refractivity contribution >= 4 is 23.7 Å². The Morgan fingerprint density at radius 2 is 2.25 bits per heavy atom. The highest BCUT2D eigenvalue weighted by Crippen LogP contribution is 2.25. The smallest absolute Gasteiger partial charge is 0.0842 e. The van der Waals surface area contributed by atoms with Gasteiger partial charge in [-0.25, -0.2) is 0 Å². The second kappa shape index (κ2) is 2.87. The number of hydrogen-bond acceptors (Lipinski definition) is 2. The minimum atomic E-state index is 1.06. The Balaban J connectivity index is 2.59. The molecule has 1 heterocycles. The molecule has 62 valence electrons. The summed E-state index contributed by atoms with van der Waals surface area (Å²) in [6.45, 7) is 4.27. The maximum absolute atomic E-state index is 4.38. The fraction of sp³-hybridized carbons (Fsp3) is 0.300. The van der Waals surface area contributed by atoms with E-state index in [-0.39, 0.29) is 0 Å². The number of fused-ring (bicyclic) bond motifs is 1. The van der Waals surface area contributed by atoms with Gasteiger partial charge in [0.2, 0.25) is 0 Å². The average molecular weight is 177 g/mol. The van der Waals surface area contributed by atoms with Crippen LogP contribution in [0, 0.1) is 6.92 Å². The van der Waals surface area contributed by atoms with E-state index in [2.05, 4.69) is 36.4 Å². The zero-order chi connectivity index (χ0) is 8.55. The third-order valence-electron chi connectivity index (χ3n) is 2.04. The van der Waals surface area contributed by atoms with E-state index in [1.54, 1.807) is 11.5 Å². The zero-order valence-electron chi connectivity index (χ0n) is 7.29. The van der Waals surface area contributed by atoms with Crippen LogP contribution in [-0.4, -0.2) is 4.37 Å². The number of allylic oxidation sites excluding steroid dienone is 2.